The van der Waals surface area contributed by atoms with Gasteiger partial charge >= 0.3 is 11.0 Å². The van der Waals surface area contributed by atoms with Crippen molar-refractivity contribution in [2.45, 2.75) is 13.1 Å². The average Bonchev–Trinajstić information content (AvgIpc) is 3.31. The Labute approximate surface area is 171 Å². The lowest BCUT2D eigenvalue weighted by Gasteiger charge is -2.14. The van der Waals surface area contributed by atoms with Crippen LogP contribution in [0.25, 0.3) is 17.6 Å². The number of nitrogens with zero attached hydrogens (tertiary/aromatic N) is 4. The van der Waals surface area contributed by atoms with Crippen molar-refractivity contribution >= 4 is 29.6 Å². The van der Waals surface area contributed by atoms with Gasteiger partial charge in [0.1, 0.15) is 6.34 Å². The minimum absolute atomic E-state index is 0.0144. The fourth-order valence-corrected chi connectivity index (χ4v) is 3.90. The lowest BCUT2D eigenvalue weighted by molar-refractivity contribution is -0.138. The van der Waals surface area contributed by atoms with Crippen molar-refractivity contribution in [3.8, 4) is 11.6 Å². The van der Waals surface area contributed by atoms with Crippen molar-refractivity contribution in [2.24, 2.45) is 15.2 Å². The first kappa shape index (κ1) is 19.8. The number of thiazole rings is 1. The van der Waals surface area contributed by atoms with Crippen LogP contribution in [0.15, 0.2) is 62.5 Å². The van der Waals surface area contributed by atoms with Crippen LogP contribution in [0.2, 0.25) is 0 Å². The number of benzene rings is 2. The van der Waals surface area contributed by atoms with Crippen LogP contribution in [0.4, 0.5) is 13.2 Å². The van der Waals surface area contributed by atoms with Gasteiger partial charge in [-0.1, -0.05) is 41.7 Å². The summed E-state index contributed by atoms with van der Waals surface area (Å²) in [5.74, 6) is 0.0558. The number of hydrogen-bond donors (Lipinski definition) is 1. The van der Waals surface area contributed by atoms with E-state index in [0.29, 0.717) is 11.0 Å². The van der Waals surface area contributed by atoms with Crippen molar-refractivity contribution in [3.05, 3.63) is 78.6 Å². The summed E-state index contributed by atoms with van der Waals surface area (Å²) in [6.45, 7) is 1.27. The van der Waals surface area contributed by atoms with Gasteiger partial charge in [-0.2, -0.15) is 13.2 Å². The summed E-state index contributed by atoms with van der Waals surface area (Å²) in [6.07, 6.45) is -1.65. The Balaban J connectivity index is 1.80. The molecule has 2 aromatic carbocycles. The van der Waals surface area contributed by atoms with Gasteiger partial charge in [-0.15, -0.1) is 10.2 Å². The second-order valence-electron chi connectivity index (χ2n) is 6.39. The predicted octanol–water partition coefficient (Wildman–Crippen LogP) is 3.32. The minimum atomic E-state index is -4.56. The molecule has 1 aromatic heterocycles. The highest BCUT2D eigenvalue weighted by atomic mass is 32.1. The first-order chi connectivity index (χ1) is 14.3. The second kappa shape index (κ2) is 7.38. The summed E-state index contributed by atoms with van der Waals surface area (Å²) in [5.41, 5.74) is -1.01. The summed E-state index contributed by atoms with van der Waals surface area (Å²) in [4.78, 5) is 16.1. The molecule has 0 unspecified atom stereocenters. The maximum atomic E-state index is 13.2. The van der Waals surface area contributed by atoms with Crippen molar-refractivity contribution in [1.82, 2.24) is 4.57 Å². The average molecular weight is 430 g/mol. The Kier molecular flexibility index (Phi) is 4.86. The molecule has 4 rings (SSSR count). The van der Waals surface area contributed by atoms with Crippen LogP contribution in [0, 0.1) is 6.92 Å². The Morgan fingerprint density at radius 3 is 2.50 bits per heavy atom. The maximum absolute atomic E-state index is 13.2. The van der Waals surface area contributed by atoms with Crippen molar-refractivity contribution in [2.75, 3.05) is 0 Å². The Bertz CT molecular complexity index is 1350. The van der Waals surface area contributed by atoms with E-state index in [-0.39, 0.29) is 16.1 Å². The van der Waals surface area contributed by atoms with Crippen LogP contribution >= 0.6 is 11.3 Å². The van der Waals surface area contributed by atoms with Gasteiger partial charge in [-0.3, -0.25) is 4.79 Å². The van der Waals surface area contributed by atoms with Gasteiger partial charge in [0.25, 0.3) is 0 Å². The first-order valence-electron chi connectivity index (χ1n) is 8.63. The lowest BCUT2D eigenvalue weighted by atomic mass is 10.1. The van der Waals surface area contributed by atoms with Crippen molar-refractivity contribution in [1.29, 1.82) is 0 Å². The van der Waals surface area contributed by atoms with Crippen molar-refractivity contribution in [3.63, 3.8) is 0 Å². The number of azo groups is 1. The Morgan fingerprint density at radius 2 is 1.87 bits per heavy atom. The topological polar surface area (TPSA) is 79.3 Å². The van der Waals surface area contributed by atoms with Gasteiger partial charge in [-0.25, -0.2) is 9.56 Å². The third-order valence-electron chi connectivity index (χ3n) is 4.51. The SMILES string of the molecule is Cc1c(-n2c(O)c(C=c3ccc(=C4N=CN=N4)cc3)sc2=O)cccc1C(F)(F)F. The molecule has 1 aliphatic rings. The molecule has 0 radical (unpaired) electrons. The quantitative estimate of drug-likeness (QED) is 0.677. The number of hydrogen-bond acceptors (Lipinski definition) is 6. The normalized spacial score (nSPS) is 13.3. The largest absolute Gasteiger partial charge is 0.493 e. The molecule has 10 heteroatoms. The number of aliphatic imine (C=N–C) groups is 1. The zero-order valence-corrected chi connectivity index (χ0v) is 16.2. The molecule has 0 saturated carbocycles. The zero-order chi connectivity index (χ0) is 21.5. The number of alkyl halides is 3. The summed E-state index contributed by atoms with van der Waals surface area (Å²) in [7, 11) is 0. The molecule has 152 valence electrons. The van der Waals surface area contributed by atoms with Gasteiger partial charge in [0.05, 0.1) is 16.1 Å². The number of rotatable bonds is 2. The smallest absolute Gasteiger partial charge is 0.416 e. The third kappa shape index (κ3) is 3.57. The van der Waals surface area contributed by atoms with E-state index >= 15 is 0 Å². The zero-order valence-electron chi connectivity index (χ0n) is 15.4. The Morgan fingerprint density at radius 1 is 1.13 bits per heavy atom. The van der Waals surface area contributed by atoms with Crippen LogP contribution in [-0.4, -0.2) is 16.0 Å². The highest BCUT2D eigenvalue weighted by molar-refractivity contribution is 7.10. The summed E-state index contributed by atoms with van der Waals surface area (Å²) in [6, 6.07) is 10.5. The molecule has 0 bridgehead atoms. The first-order valence-corrected chi connectivity index (χ1v) is 9.45. The standard InChI is InChI=1S/C20H13F3N4O2S/c1-11-14(20(21,22)23)3-2-4-15(11)27-18(28)16(30-19(27)29)9-12-5-7-13(8-6-12)17-24-10-25-26-17/h2-10,28H,1H3. The maximum Gasteiger partial charge on any atom is 0.416 e. The van der Waals surface area contributed by atoms with Crippen LogP contribution in [0.3, 0.4) is 0 Å². The minimum Gasteiger partial charge on any atom is -0.493 e. The number of aromatic hydroxyl groups is 1. The molecule has 0 fully saturated rings. The third-order valence-corrected chi connectivity index (χ3v) is 5.39. The van der Waals surface area contributed by atoms with Gasteiger partial charge in [-0.05, 0) is 35.9 Å². The molecule has 0 saturated heterocycles. The van der Waals surface area contributed by atoms with Gasteiger partial charge in [0, 0.05) is 5.22 Å². The molecule has 1 N–H and O–H groups in total. The van der Waals surface area contributed by atoms with E-state index in [1.165, 1.54) is 25.4 Å². The van der Waals surface area contributed by atoms with E-state index in [0.717, 1.165) is 27.2 Å². The highest BCUT2D eigenvalue weighted by Gasteiger charge is 2.33. The molecule has 0 amide bonds. The van der Waals surface area contributed by atoms with E-state index in [1.54, 1.807) is 30.3 Å². The van der Waals surface area contributed by atoms with Crippen molar-refractivity contribution < 1.29 is 18.3 Å². The highest BCUT2D eigenvalue weighted by Crippen LogP contribution is 2.35. The molecule has 0 atom stereocenters. The molecule has 6 nitrogen and oxygen atoms in total. The van der Waals surface area contributed by atoms with Crippen LogP contribution < -0.4 is 15.3 Å². The van der Waals surface area contributed by atoms with E-state index in [4.69, 9.17) is 0 Å². The molecule has 0 aliphatic carbocycles. The monoisotopic (exact) mass is 430 g/mol. The summed E-state index contributed by atoms with van der Waals surface area (Å²) >= 11 is 0.741. The van der Waals surface area contributed by atoms with Crippen LogP contribution in [0.5, 0.6) is 5.88 Å². The lowest BCUT2D eigenvalue weighted by Crippen LogP contribution is -2.15. The van der Waals surface area contributed by atoms with E-state index in [1.807, 2.05) is 0 Å². The molecular weight excluding hydrogens is 417 g/mol. The second-order valence-corrected chi connectivity index (χ2v) is 7.38. The number of aromatic nitrogens is 1. The number of halogens is 3. The van der Waals surface area contributed by atoms with Crippen LogP contribution in [-0.2, 0) is 6.18 Å². The van der Waals surface area contributed by atoms with E-state index in [9.17, 15) is 23.1 Å². The molecule has 1 aliphatic heterocycles. The van der Waals surface area contributed by atoms with E-state index in [2.05, 4.69) is 15.2 Å². The fraction of sp³-hybridized carbons (Fsp3) is 0.100. The fourth-order valence-electron chi connectivity index (χ4n) is 3.06. The van der Waals surface area contributed by atoms with Gasteiger partial charge in [0.15, 0.2) is 5.82 Å². The molecule has 2 heterocycles. The molecule has 0 spiro atoms. The molecular formula is C20H13F3N4O2S. The predicted molar refractivity (Wildman–Crippen MR) is 107 cm³/mol. The summed E-state index contributed by atoms with van der Waals surface area (Å²) < 4.78 is 40.5. The summed E-state index contributed by atoms with van der Waals surface area (Å²) in [5, 5.41) is 19.5. The van der Waals surface area contributed by atoms with Gasteiger partial charge < -0.3 is 5.11 Å². The Hall–Kier alpha value is -3.53. The van der Waals surface area contributed by atoms with Gasteiger partial charge in [0.2, 0.25) is 5.88 Å². The molecule has 3 aromatic rings. The molecule has 30 heavy (non-hydrogen) atoms. The van der Waals surface area contributed by atoms with E-state index < -0.39 is 22.5 Å². The van der Waals surface area contributed by atoms with Crippen LogP contribution in [0.1, 0.15) is 16.0 Å².